The lowest BCUT2D eigenvalue weighted by Crippen LogP contribution is -2.00. The van der Waals surface area contributed by atoms with E-state index in [1.807, 2.05) is 18.2 Å². The number of aryl methyl sites for hydroxylation is 1. The van der Waals surface area contributed by atoms with Gasteiger partial charge in [0.1, 0.15) is 0 Å². The predicted molar refractivity (Wildman–Crippen MR) is 65.5 cm³/mol. The van der Waals surface area contributed by atoms with Crippen molar-refractivity contribution >= 4 is 5.78 Å². The molecule has 2 aromatic carbocycles. The number of rotatable bonds is 4. The van der Waals surface area contributed by atoms with Crippen molar-refractivity contribution in [2.24, 2.45) is 0 Å². The summed E-state index contributed by atoms with van der Waals surface area (Å²) >= 11 is 0. The van der Waals surface area contributed by atoms with E-state index in [0.29, 0.717) is 17.2 Å². The Morgan fingerprint density at radius 1 is 1.06 bits per heavy atom. The van der Waals surface area contributed by atoms with Gasteiger partial charge in [-0.1, -0.05) is 60.6 Å². The molecule has 1 atom stereocenters. The van der Waals surface area contributed by atoms with E-state index in [1.54, 1.807) is 36.4 Å². The Morgan fingerprint density at radius 2 is 1.75 bits per heavy atom. The highest BCUT2D eigenvalue weighted by Crippen LogP contribution is 2.07. The molecule has 0 fully saturated rings. The van der Waals surface area contributed by atoms with Crippen LogP contribution in [0.25, 0.3) is 0 Å². The second-order valence-electron chi connectivity index (χ2n) is 3.52. The molecule has 0 saturated heterocycles. The lowest BCUT2D eigenvalue weighted by Gasteiger charge is -2.01. The van der Waals surface area contributed by atoms with Crippen LogP contribution in [0.5, 0.6) is 0 Å². The maximum Gasteiger partial charge on any atom is 0.163 e. The maximum absolute atomic E-state index is 12.0. The molecule has 0 amide bonds. The van der Waals surface area contributed by atoms with Gasteiger partial charge in [-0.3, -0.25) is 4.79 Å². The number of hydrogen-bond acceptors (Lipinski definition) is 1. The molecule has 80 valence electrons. The molecule has 0 aliphatic rings. The van der Waals surface area contributed by atoms with Crippen LogP contribution in [0.4, 0.5) is 0 Å². The highest BCUT2D eigenvalue weighted by Gasteiger charge is 2.04. The quantitative estimate of drug-likeness (QED) is 0.709. The van der Waals surface area contributed by atoms with Gasteiger partial charge in [0.25, 0.3) is 0 Å². The highest BCUT2D eigenvalue weighted by atomic mass is 16.1. The summed E-state index contributed by atoms with van der Waals surface area (Å²) in [4.78, 5) is 12.0. The van der Waals surface area contributed by atoms with Crippen molar-refractivity contribution in [3.63, 3.8) is 0 Å². The molecule has 0 heterocycles. The summed E-state index contributed by atoms with van der Waals surface area (Å²) in [6, 6.07) is 16.2. The summed E-state index contributed by atoms with van der Waals surface area (Å²) in [6.45, 7) is 0. The van der Waals surface area contributed by atoms with Crippen LogP contribution < -0.4 is 0 Å². The number of carbonyl (C=O) groups excluding carboxylic acids is 1. The van der Waals surface area contributed by atoms with Crippen LogP contribution in [0.1, 0.15) is 25.1 Å². The van der Waals surface area contributed by atoms with Gasteiger partial charge >= 0.3 is 0 Å². The molecule has 1 nitrogen and oxygen atoms in total. The molecule has 2 rings (SSSR count). The summed E-state index contributed by atoms with van der Waals surface area (Å²) in [5.41, 5.74) is 1.22. The first-order valence-electron chi connectivity index (χ1n) is 6.32. The number of Topliss-reactive ketones (excluding diaryl/α,β-unsaturated/α-hetero) is 1. The SMILES string of the molecule is [2H]c1ccccc1C([2H])CC(=O)c1ccccc1. The van der Waals surface area contributed by atoms with Crippen molar-refractivity contribution in [2.75, 3.05) is 0 Å². The van der Waals surface area contributed by atoms with Gasteiger partial charge in [0.15, 0.2) is 5.78 Å². The summed E-state index contributed by atoms with van der Waals surface area (Å²) in [5.74, 6) is -0.0566. The fourth-order valence-corrected chi connectivity index (χ4v) is 1.48. The fraction of sp³-hybridized carbons (Fsp3) is 0.133. The largest absolute Gasteiger partial charge is 0.294 e. The van der Waals surface area contributed by atoms with Crippen molar-refractivity contribution in [3.05, 3.63) is 71.8 Å². The van der Waals surface area contributed by atoms with E-state index in [2.05, 4.69) is 0 Å². The summed E-state index contributed by atoms with van der Waals surface area (Å²) in [7, 11) is 0. The summed E-state index contributed by atoms with van der Waals surface area (Å²) in [6.07, 6.45) is -0.564. The molecule has 0 N–H and O–H groups in total. The number of hydrogen-bond donors (Lipinski definition) is 0. The van der Waals surface area contributed by atoms with Crippen LogP contribution in [-0.4, -0.2) is 5.78 Å². The number of ketones is 1. The molecule has 0 spiro atoms. The second kappa shape index (κ2) is 5.26. The molecule has 0 aliphatic carbocycles. The molecule has 0 bridgehead atoms. The van der Waals surface area contributed by atoms with Crippen molar-refractivity contribution < 1.29 is 7.54 Å². The predicted octanol–water partition coefficient (Wildman–Crippen LogP) is 3.50. The average Bonchev–Trinajstić information content (AvgIpc) is 2.40. The molecular weight excluding hydrogens is 196 g/mol. The van der Waals surface area contributed by atoms with Gasteiger partial charge < -0.3 is 0 Å². The molecule has 16 heavy (non-hydrogen) atoms. The van der Waals surface area contributed by atoms with Crippen molar-refractivity contribution in [2.45, 2.75) is 12.8 Å². The zero-order valence-electron chi connectivity index (χ0n) is 10.9. The van der Waals surface area contributed by atoms with Crippen LogP contribution >= 0.6 is 0 Å². The smallest absolute Gasteiger partial charge is 0.163 e. The van der Waals surface area contributed by atoms with E-state index in [1.165, 1.54) is 0 Å². The van der Waals surface area contributed by atoms with Gasteiger partial charge in [0.05, 0.1) is 1.37 Å². The maximum atomic E-state index is 12.0. The van der Waals surface area contributed by atoms with Crippen LogP contribution in [0.15, 0.2) is 60.6 Å². The van der Waals surface area contributed by atoms with Gasteiger partial charge in [-0.2, -0.15) is 0 Å². The third-order valence-electron chi connectivity index (χ3n) is 2.34. The third-order valence-corrected chi connectivity index (χ3v) is 2.34. The third kappa shape index (κ3) is 2.80. The summed E-state index contributed by atoms with van der Waals surface area (Å²) in [5, 5.41) is 0. The topological polar surface area (TPSA) is 17.1 Å². The van der Waals surface area contributed by atoms with Crippen molar-refractivity contribution in [1.29, 1.82) is 0 Å². The van der Waals surface area contributed by atoms with Crippen LogP contribution in [0.3, 0.4) is 0 Å². The van der Waals surface area contributed by atoms with Crippen molar-refractivity contribution in [3.8, 4) is 0 Å². The van der Waals surface area contributed by atoms with E-state index in [4.69, 9.17) is 2.74 Å². The normalized spacial score (nSPS) is 13.8. The zero-order valence-corrected chi connectivity index (χ0v) is 8.89. The molecule has 0 saturated carbocycles. The minimum absolute atomic E-state index is 0.0566. The molecular formula is C15H14O. The van der Waals surface area contributed by atoms with Gasteiger partial charge in [-0.15, -0.1) is 0 Å². The lowest BCUT2D eigenvalue weighted by atomic mass is 10.0. The second-order valence-corrected chi connectivity index (χ2v) is 3.52. The Kier molecular flexibility index (Phi) is 2.73. The zero-order chi connectivity index (χ0) is 13.0. The van der Waals surface area contributed by atoms with Crippen LogP contribution in [0, 0.1) is 0 Å². The Morgan fingerprint density at radius 3 is 2.50 bits per heavy atom. The Bertz CT molecular complexity index is 537. The minimum atomic E-state index is -0.675. The minimum Gasteiger partial charge on any atom is -0.294 e. The van der Waals surface area contributed by atoms with Crippen LogP contribution in [0.2, 0.25) is 0 Å². The van der Waals surface area contributed by atoms with Gasteiger partial charge in [-0.25, -0.2) is 0 Å². The first-order valence-corrected chi connectivity index (χ1v) is 5.24. The highest BCUT2D eigenvalue weighted by molar-refractivity contribution is 5.96. The Hall–Kier alpha value is -1.89. The van der Waals surface area contributed by atoms with E-state index in [0.717, 1.165) is 0 Å². The van der Waals surface area contributed by atoms with Crippen LogP contribution in [-0.2, 0) is 6.40 Å². The molecule has 0 aromatic heterocycles. The van der Waals surface area contributed by atoms with E-state index < -0.39 is 6.40 Å². The average molecular weight is 212 g/mol. The standard InChI is InChI=1S/C15H14O/c16-15(14-9-5-2-6-10-14)12-11-13-7-3-1-4-8-13/h1-10H,11-12H2/i7D,11D. The van der Waals surface area contributed by atoms with E-state index >= 15 is 0 Å². The monoisotopic (exact) mass is 212 g/mol. The first kappa shape index (κ1) is 8.28. The Labute approximate surface area is 98.6 Å². The number of carbonyl (C=O) groups is 1. The van der Waals surface area contributed by atoms with Gasteiger partial charge in [-0.05, 0) is 12.0 Å². The van der Waals surface area contributed by atoms with E-state index in [9.17, 15) is 4.79 Å². The molecule has 0 radical (unpaired) electrons. The first-order chi connectivity index (χ1) is 8.68. The van der Waals surface area contributed by atoms with Crippen molar-refractivity contribution in [1.82, 2.24) is 0 Å². The lowest BCUT2D eigenvalue weighted by molar-refractivity contribution is 0.0983. The fourth-order valence-electron chi connectivity index (χ4n) is 1.48. The van der Waals surface area contributed by atoms with Gasteiger partial charge in [0.2, 0.25) is 0 Å². The molecule has 0 aliphatic heterocycles. The molecule has 2 aromatic rings. The Balaban J connectivity index is 2.11. The van der Waals surface area contributed by atoms with Gasteiger partial charge in [0, 0.05) is 13.4 Å². The van der Waals surface area contributed by atoms with E-state index in [-0.39, 0.29) is 12.2 Å². The summed E-state index contributed by atoms with van der Waals surface area (Å²) < 4.78 is 15.7. The molecule has 1 heteroatoms. The number of benzene rings is 2. The molecule has 1 unspecified atom stereocenters.